The van der Waals surface area contributed by atoms with Crippen molar-refractivity contribution in [3.8, 4) is 0 Å². The van der Waals surface area contributed by atoms with Crippen molar-refractivity contribution < 1.29 is 0 Å². The molecule has 0 saturated carbocycles. The van der Waals surface area contributed by atoms with E-state index >= 15 is 0 Å². The second-order valence-electron chi connectivity index (χ2n) is 7.32. The van der Waals surface area contributed by atoms with Gasteiger partial charge in [0.15, 0.2) is 0 Å². The number of nitrogens with zero attached hydrogens (tertiary/aromatic N) is 1. The molecule has 0 aliphatic carbocycles. The summed E-state index contributed by atoms with van der Waals surface area (Å²) in [5, 5.41) is 3.71. The van der Waals surface area contributed by atoms with E-state index in [1.807, 2.05) is 0 Å². The molecule has 2 heteroatoms. The zero-order valence-corrected chi connectivity index (χ0v) is 12.7. The first-order valence-electron chi connectivity index (χ1n) is 7.52. The fourth-order valence-corrected chi connectivity index (χ4v) is 3.49. The molecule has 2 nitrogen and oxygen atoms in total. The van der Waals surface area contributed by atoms with E-state index in [-0.39, 0.29) is 0 Å². The fourth-order valence-electron chi connectivity index (χ4n) is 3.49. The van der Waals surface area contributed by atoms with E-state index in [4.69, 9.17) is 0 Å². The van der Waals surface area contributed by atoms with Crippen LogP contribution in [0.5, 0.6) is 0 Å². The van der Waals surface area contributed by atoms with Gasteiger partial charge in [0.2, 0.25) is 0 Å². The smallest absolute Gasteiger partial charge is 0.0397 e. The van der Waals surface area contributed by atoms with Gasteiger partial charge in [0.05, 0.1) is 0 Å². The molecule has 1 N–H and O–H groups in total. The van der Waals surface area contributed by atoms with Crippen LogP contribution in [0.1, 0.15) is 44.2 Å². The molecule has 19 heavy (non-hydrogen) atoms. The Morgan fingerprint density at radius 3 is 2.74 bits per heavy atom. The van der Waals surface area contributed by atoms with Crippen LogP contribution in [0.4, 0.5) is 5.69 Å². The second-order valence-corrected chi connectivity index (χ2v) is 7.32. The van der Waals surface area contributed by atoms with Gasteiger partial charge in [0, 0.05) is 31.9 Å². The zero-order valence-electron chi connectivity index (χ0n) is 12.7. The predicted octanol–water partition coefficient (Wildman–Crippen LogP) is 3.17. The molecule has 0 amide bonds. The summed E-state index contributed by atoms with van der Waals surface area (Å²) in [6.07, 6.45) is 2.49. The van der Waals surface area contributed by atoms with E-state index in [1.165, 1.54) is 30.6 Å². The molecule has 0 spiro atoms. The number of hydrogen-bond donors (Lipinski definition) is 1. The van der Waals surface area contributed by atoms with Crippen molar-refractivity contribution in [1.29, 1.82) is 0 Å². The topological polar surface area (TPSA) is 15.3 Å². The number of rotatable bonds is 1. The van der Waals surface area contributed by atoms with Gasteiger partial charge in [-0.05, 0) is 41.4 Å². The van der Waals surface area contributed by atoms with E-state index in [1.54, 1.807) is 5.56 Å². The molecule has 2 atom stereocenters. The number of nitrogens with one attached hydrogen (secondary N) is 1. The lowest BCUT2D eigenvalue weighted by Gasteiger charge is -2.27. The predicted molar refractivity (Wildman–Crippen MR) is 82.0 cm³/mol. The Morgan fingerprint density at radius 1 is 1.26 bits per heavy atom. The highest BCUT2D eigenvalue weighted by atomic mass is 15.1. The summed E-state index contributed by atoms with van der Waals surface area (Å²) in [7, 11) is 2.19. The molecule has 1 fully saturated rings. The molecule has 2 heterocycles. The van der Waals surface area contributed by atoms with E-state index in [2.05, 4.69) is 56.2 Å². The van der Waals surface area contributed by atoms with Crippen molar-refractivity contribution in [3.05, 3.63) is 29.3 Å². The Labute approximate surface area is 117 Å². The van der Waals surface area contributed by atoms with E-state index in [9.17, 15) is 0 Å². The maximum absolute atomic E-state index is 3.71. The average molecular weight is 258 g/mol. The molecule has 0 aromatic heterocycles. The summed E-state index contributed by atoms with van der Waals surface area (Å²) in [4.78, 5) is 2.37. The van der Waals surface area contributed by atoms with Crippen LogP contribution in [0.15, 0.2) is 18.2 Å². The minimum atomic E-state index is 0.367. The molecule has 104 valence electrons. The summed E-state index contributed by atoms with van der Waals surface area (Å²) >= 11 is 0. The van der Waals surface area contributed by atoms with Crippen LogP contribution in [0, 0.1) is 5.41 Å². The monoisotopic (exact) mass is 258 g/mol. The van der Waals surface area contributed by atoms with Crippen molar-refractivity contribution >= 4 is 5.69 Å². The standard InChI is InChI=1S/C17H26N2/c1-17(2,3)16-10-14(11-18-16)12-5-6-15-13(9-12)7-8-19(15)4/h5-6,9,14,16,18H,7-8,10-11H2,1-4H3. The van der Waals surface area contributed by atoms with Gasteiger partial charge in [-0.15, -0.1) is 0 Å². The Balaban J connectivity index is 1.78. The molecule has 0 bridgehead atoms. The summed E-state index contributed by atoms with van der Waals surface area (Å²) < 4.78 is 0. The van der Waals surface area contributed by atoms with Gasteiger partial charge in [0.25, 0.3) is 0 Å². The molecule has 1 aromatic carbocycles. The van der Waals surface area contributed by atoms with Crippen molar-refractivity contribution in [1.82, 2.24) is 5.32 Å². The quantitative estimate of drug-likeness (QED) is 0.832. The van der Waals surface area contributed by atoms with Crippen molar-refractivity contribution in [3.63, 3.8) is 0 Å². The Hall–Kier alpha value is -1.02. The third-order valence-electron chi connectivity index (χ3n) is 4.88. The number of fused-ring (bicyclic) bond motifs is 1. The van der Waals surface area contributed by atoms with Crippen LogP contribution in [0.25, 0.3) is 0 Å². The second kappa shape index (κ2) is 4.52. The van der Waals surface area contributed by atoms with Gasteiger partial charge in [-0.2, -0.15) is 0 Å². The summed E-state index contributed by atoms with van der Waals surface area (Å²) in [6, 6.07) is 7.77. The lowest BCUT2D eigenvalue weighted by Crippen LogP contribution is -2.34. The van der Waals surface area contributed by atoms with Crippen LogP contribution >= 0.6 is 0 Å². The summed E-state index contributed by atoms with van der Waals surface area (Å²) in [5.41, 5.74) is 4.88. The molecule has 2 unspecified atom stereocenters. The van der Waals surface area contributed by atoms with Crippen molar-refractivity contribution in [2.24, 2.45) is 5.41 Å². The van der Waals surface area contributed by atoms with Crippen LogP contribution in [-0.2, 0) is 6.42 Å². The van der Waals surface area contributed by atoms with Gasteiger partial charge in [-0.3, -0.25) is 0 Å². The van der Waals surface area contributed by atoms with Gasteiger partial charge in [-0.1, -0.05) is 32.9 Å². The highest BCUT2D eigenvalue weighted by Crippen LogP contribution is 2.36. The molecule has 2 aliphatic heterocycles. The van der Waals surface area contributed by atoms with E-state index < -0.39 is 0 Å². The molecule has 3 rings (SSSR count). The Kier molecular flexibility index (Phi) is 3.09. The zero-order chi connectivity index (χ0) is 13.6. The van der Waals surface area contributed by atoms with Crippen molar-refractivity contribution in [2.75, 3.05) is 25.0 Å². The van der Waals surface area contributed by atoms with E-state index in [0.717, 1.165) is 6.54 Å². The lowest BCUT2D eigenvalue weighted by atomic mass is 9.83. The fraction of sp³-hybridized carbons (Fsp3) is 0.647. The highest BCUT2D eigenvalue weighted by Gasteiger charge is 2.33. The van der Waals surface area contributed by atoms with Gasteiger partial charge >= 0.3 is 0 Å². The average Bonchev–Trinajstić information content (AvgIpc) is 2.95. The van der Waals surface area contributed by atoms with Crippen LogP contribution in [0.2, 0.25) is 0 Å². The SMILES string of the molecule is CN1CCc2cc(C3CNC(C(C)(C)C)C3)ccc21. The largest absolute Gasteiger partial charge is 0.374 e. The summed E-state index contributed by atoms with van der Waals surface area (Å²) in [6.45, 7) is 9.32. The maximum Gasteiger partial charge on any atom is 0.0397 e. The normalized spacial score (nSPS) is 26.8. The number of hydrogen-bond acceptors (Lipinski definition) is 2. The van der Waals surface area contributed by atoms with Crippen LogP contribution in [-0.4, -0.2) is 26.2 Å². The minimum absolute atomic E-state index is 0.367. The number of benzene rings is 1. The number of likely N-dealkylation sites (N-methyl/N-ethyl adjacent to an activating group) is 1. The first-order chi connectivity index (χ1) is 8.95. The van der Waals surface area contributed by atoms with Gasteiger partial charge in [-0.25, -0.2) is 0 Å². The molecule has 2 aliphatic rings. The van der Waals surface area contributed by atoms with Gasteiger partial charge in [0.1, 0.15) is 0 Å². The van der Waals surface area contributed by atoms with Gasteiger partial charge < -0.3 is 10.2 Å². The third kappa shape index (κ3) is 2.38. The Bertz CT molecular complexity index is 473. The molecule has 1 aromatic rings. The minimum Gasteiger partial charge on any atom is -0.374 e. The molecular formula is C17H26N2. The third-order valence-corrected chi connectivity index (χ3v) is 4.88. The van der Waals surface area contributed by atoms with Crippen LogP contribution < -0.4 is 10.2 Å². The molecule has 0 radical (unpaired) electrons. The van der Waals surface area contributed by atoms with Crippen molar-refractivity contribution in [2.45, 2.75) is 45.6 Å². The first-order valence-corrected chi connectivity index (χ1v) is 7.52. The molecular weight excluding hydrogens is 232 g/mol. The highest BCUT2D eigenvalue weighted by molar-refractivity contribution is 5.58. The Morgan fingerprint density at radius 2 is 2.05 bits per heavy atom. The van der Waals surface area contributed by atoms with E-state index in [0.29, 0.717) is 17.4 Å². The summed E-state index contributed by atoms with van der Waals surface area (Å²) in [5.74, 6) is 0.695. The lowest BCUT2D eigenvalue weighted by molar-refractivity contribution is 0.293. The number of anilines is 1. The first kappa shape index (κ1) is 13.0. The maximum atomic E-state index is 3.71. The molecule has 1 saturated heterocycles. The van der Waals surface area contributed by atoms with Crippen LogP contribution in [0.3, 0.4) is 0 Å².